The molecule has 0 aromatic heterocycles. The highest BCUT2D eigenvalue weighted by Crippen LogP contribution is 2.66. The van der Waals surface area contributed by atoms with Crippen LogP contribution in [0.2, 0.25) is 10.0 Å². The minimum Gasteiger partial charge on any atom is -0.469 e. The van der Waals surface area contributed by atoms with Crippen molar-refractivity contribution in [1.82, 2.24) is 0 Å². The molecule has 1 aromatic rings. The van der Waals surface area contributed by atoms with Gasteiger partial charge in [0.05, 0.1) is 18.1 Å². The quantitative estimate of drug-likeness (QED) is 0.758. The lowest BCUT2D eigenvalue weighted by molar-refractivity contribution is -0.143. The van der Waals surface area contributed by atoms with Gasteiger partial charge in [0, 0.05) is 11.5 Å². The maximum Gasteiger partial charge on any atom is 0.387 e. The Kier molecular flexibility index (Phi) is 4.36. The Morgan fingerprint density at radius 2 is 1.95 bits per heavy atom. The first-order chi connectivity index (χ1) is 9.71. The highest BCUT2D eigenvalue weighted by atomic mass is 35.5. The smallest absolute Gasteiger partial charge is 0.387 e. The molecule has 7 heteroatoms. The third-order valence-corrected chi connectivity index (χ3v) is 4.69. The SMILES string of the molecule is COC(=O)C1C(c2ccc(Cl)c(Cl)c2OC(F)F)C1(C)C. The van der Waals surface area contributed by atoms with Crippen molar-refractivity contribution in [3.8, 4) is 5.75 Å². The summed E-state index contributed by atoms with van der Waals surface area (Å²) in [7, 11) is 1.29. The normalized spacial score (nSPS) is 23.0. The van der Waals surface area contributed by atoms with Crippen LogP contribution in [-0.2, 0) is 9.53 Å². The number of rotatable bonds is 4. The number of carbonyl (C=O) groups is 1. The zero-order valence-corrected chi connectivity index (χ0v) is 13.1. The summed E-state index contributed by atoms with van der Waals surface area (Å²) in [6.07, 6.45) is 0. The van der Waals surface area contributed by atoms with E-state index in [-0.39, 0.29) is 27.7 Å². The number of carbonyl (C=O) groups excluding carboxylic acids is 1. The molecule has 0 radical (unpaired) electrons. The largest absolute Gasteiger partial charge is 0.469 e. The molecule has 1 fully saturated rings. The van der Waals surface area contributed by atoms with Crippen LogP contribution in [0.3, 0.4) is 0 Å². The van der Waals surface area contributed by atoms with E-state index in [1.165, 1.54) is 13.2 Å². The van der Waals surface area contributed by atoms with E-state index in [4.69, 9.17) is 27.9 Å². The van der Waals surface area contributed by atoms with Crippen LogP contribution in [0.4, 0.5) is 8.78 Å². The molecule has 2 atom stereocenters. The number of ether oxygens (including phenoxy) is 2. The molecule has 0 N–H and O–H groups in total. The van der Waals surface area contributed by atoms with E-state index in [2.05, 4.69) is 4.74 Å². The molecule has 0 amide bonds. The van der Waals surface area contributed by atoms with Gasteiger partial charge >= 0.3 is 12.6 Å². The molecule has 21 heavy (non-hydrogen) atoms. The highest BCUT2D eigenvalue weighted by molar-refractivity contribution is 6.43. The maximum atomic E-state index is 12.6. The van der Waals surface area contributed by atoms with Gasteiger partial charge in [-0.3, -0.25) is 4.79 Å². The van der Waals surface area contributed by atoms with Crippen LogP contribution in [-0.4, -0.2) is 19.7 Å². The molecule has 0 heterocycles. The summed E-state index contributed by atoms with van der Waals surface area (Å²) in [6.45, 7) is 0.681. The molecule has 0 aliphatic heterocycles. The molecule has 1 aliphatic carbocycles. The minimum absolute atomic E-state index is 0.0826. The van der Waals surface area contributed by atoms with Gasteiger partial charge in [-0.15, -0.1) is 0 Å². The molecule has 1 aromatic carbocycles. The first kappa shape index (κ1) is 16.3. The highest BCUT2D eigenvalue weighted by Gasteiger charge is 2.64. The van der Waals surface area contributed by atoms with Crippen LogP contribution < -0.4 is 4.74 Å². The van der Waals surface area contributed by atoms with Crippen LogP contribution >= 0.6 is 23.2 Å². The molecule has 3 nitrogen and oxygen atoms in total. The van der Waals surface area contributed by atoms with Crippen molar-refractivity contribution < 1.29 is 23.0 Å². The molecule has 1 saturated carbocycles. The van der Waals surface area contributed by atoms with Crippen molar-refractivity contribution in [2.45, 2.75) is 26.4 Å². The van der Waals surface area contributed by atoms with Gasteiger partial charge < -0.3 is 9.47 Å². The maximum absolute atomic E-state index is 12.6. The van der Waals surface area contributed by atoms with Crippen molar-refractivity contribution in [2.75, 3.05) is 7.11 Å². The molecule has 2 unspecified atom stereocenters. The van der Waals surface area contributed by atoms with Crippen molar-refractivity contribution in [1.29, 1.82) is 0 Å². The molecule has 116 valence electrons. The number of esters is 1. The molecule has 1 aliphatic rings. The number of benzene rings is 1. The Hall–Kier alpha value is -1.07. The average molecular weight is 339 g/mol. The number of halogens is 4. The average Bonchev–Trinajstić information content (AvgIpc) is 2.96. The number of alkyl halides is 2. The second-order valence-electron chi connectivity index (χ2n) is 5.46. The second-order valence-corrected chi connectivity index (χ2v) is 6.24. The number of methoxy groups -OCH3 is 1. The van der Waals surface area contributed by atoms with E-state index in [0.717, 1.165) is 0 Å². The van der Waals surface area contributed by atoms with E-state index < -0.39 is 17.9 Å². The second kappa shape index (κ2) is 5.61. The van der Waals surface area contributed by atoms with Gasteiger partial charge in [0.2, 0.25) is 0 Å². The van der Waals surface area contributed by atoms with Crippen LogP contribution in [0.5, 0.6) is 5.75 Å². The zero-order valence-electron chi connectivity index (χ0n) is 11.6. The van der Waals surface area contributed by atoms with E-state index in [9.17, 15) is 13.6 Å². The molecule has 2 rings (SSSR count). The first-order valence-electron chi connectivity index (χ1n) is 6.22. The fourth-order valence-electron chi connectivity index (χ4n) is 2.79. The molecular formula is C14H14Cl2F2O3. The van der Waals surface area contributed by atoms with Gasteiger partial charge in [-0.05, 0) is 11.5 Å². The van der Waals surface area contributed by atoms with Crippen molar-refractivity contribution >= 4 is 29.2 Å². The van der Waals surface area contributed by atoms with Gasteiger partial charge in [-0.1, -0.05) is 43.1 Å². The number of hydrogen-bond acceptors (Lipinski definition) is 3. The van der Waals surface area contributed by atoms with Gasteiger partial charge in [0.25, 0.3) is 0 Å². The van der Waals surface area contributed by atoms with Crippen LogP contribution in [0.15, 0.2) is 12.1 Å². The molecular weight excluding hydrogens is 325 g/mol. The lowest BCUT2D eigenvalue weighted by atomic mass is 10.0. The summed E-state index contributed by atoms with van der Waals surface area (Å²) in [5.74, 6) is -1.31. The van der Waals surface area contributed by atoms with E-state index in [1.807, 2.05) is 13.8 Å². The Labute approximate surface area is 131 Å². The number of hydrogen-bond donors (Lipinski definition) is 0. The zero-order chi connectivity index (χ0) is 15.9. The minimum atomic E-state index is -3.03. The third kappa shape index (κ3) is 2.81. The molecule has 0 spiro atoms. The Balaban J connectivity index is 2.45. The van der Waals surface area contributed by atoms with Crippen molar-refractivity contribution in [2.24, 2.45) is 11.3 Å². The lowest BCUT2D eigenvalue weighted by Crippen LogP contribution is -2.08. The van der Waals surface area contributed by atoms with Crippen molar-refractivity contribution in [3.05, 3.63) is 27.7 Å². The Bertz CT molecular complexity index is 576. The summed E-state index contributed by atoms with van der Waals surface area (Å²) in [5, 5.41) is 0.0323. The van der Waals surface area contributed by atoms with Crippen LogP contribution in [0, 0.1) is 11.3 Å². The third-order valence-electron chi connectivity index (χ3n) is 3.90. The van der Waals surface area contributed by atoms with Gasteiger partial charge in [-0.25, -0.2) is 0 Å². The predicted molar refractivity (Wildman–Crippen MR) is 75.1 cm³/mol. The molecule has 0 bridgehead atoms. The van der Waals surface area contributed by atoms with E-state index >= 15 is 0 Å². The topological polar surface area (TPSA) is 35.5 Å². The Morgan fingerprint density at radius 1 is 1.33 bits per heavy atom. The monoisotopic (exact) mass is 338 g/mol. The van der Waals surface area contributed by atoms with Crippen LogP contribution in [0.1, 0.15) is 25.3 Å². The first-order valence-corrected chi connectivity index (χ1v) is 6.98. The summed E-state index contributed by atoms with van der Waals surface area (Å²) in [6, 6.07) is 3.06. The summed E-state index contributed by atoms with van der Waals surface area (Å²) in [4.78, 5) is 11.8. The Morgan fingerprint density at radius 3 is 2.48 bits per heavy atom. The van der Waals surface area contributed by atoms with E-state index in [0.29, 0.717) is 5.56 Å². The standard InChI is InChI=1S/C14H14Cl2F2O3/c1-14(2)8(9(14)12(19)20-3)6-4-5-7(15)10(16)11(6)21-13(17)18/h4-5,8-9,13H,1-3H3. The summed E-state index contributed by atoms with van der Waals surface area (Å²) < 4.78 is 34.5. The fraction of sp³-hybridized carbons (Fsp3) is 0.500. The van der Waals surface area contributed by atoms with Gasteiger partial charge in [-0.2, -0.15) is 8.78 Å². The van der Waals surface area contributed by atoms with Crippen LogP contribution in [0.25, 0.3) is 0 Å². The van der Waals surface area contributed by atoms with Gasteiger partial charge in [0.1, 0.15) is 10.8 Å². The van der Waals surface area contributed by atoms with Crippen molar-refractivity contribution in [3.63, 3.8) is 0 Å². The molecule has 0 saturated heterocycles. The van der Waals surface area contributed by atoms with E-state index in [1.54, 1.807) is 6.07 Å². The summed E-state index contributed by atoms with van der Waals surface area (Å²) >= 11 is 11.8. The lowest BCUT2D eigenvalue weighted by Gasteiger charge is -2.14. The summed E-state index contributed by atoms with van der Waals surface area (Å²) in [5.41, 5.74) is 0.00917. The predicted octanol–water partition coefficient (Wildman–Crippen LogP) is 4.51. The van der Waals surface area contributed by atoms with Gasteiger partial charge in [0.15, 0.2) is 0 Å². The fourth-order valence-corrected chi connectivity index (χ4v) is 3.15.